The Morgan fingerprint density at radius 2 is 1.79 bits per heavy atom. The topological polar surface area (TPSA) is 72.2 Å². The lowest BCUT2D eigenvalue weighted by Crippen LogP contribution is -2.34. The maximum atomic E-state index is 12.3. The van der Waals surface area contributed by atoms with Crippen LogP contribution in [-0.4, -0.2) is 14.5 Å². The highest BCUT2D eigenvalue weighted by Gasteiger charge is 2.21. The third-order valence-corrected chi connectivity index (χ3v) is 5.32. The molecule has 0 radical (unpaired) electrons. The summed E-state index contributed by atoms with van der Waals surface area (Å²) in [5.74, 6) is 0. The summed E-state index contributed by atoms with van der Waals surface area (Å²) in [7, 11) is -3.50. The minimum Gasteiger partial charge on any atom is -0.397 e. The number of nitrogen functional groups attached to an aromatic ring is 1. The van der Waals surface area contributed by atoms with Crippen LogP contribution in [0.15, 0.2) is 23.1 Å². The lowest BCUT2D eigenvalue weighted by atomic mass is 10.1. The first kappa shape index (κ1) is 14.6. The van der Waals surface area contributed by atoms with Crippen LogP contribution in [-0.2, 0) is 10.0 Å². The van der Waals surface area contributed by atoms with Crippen molar-refractivity contribution in [2.24, 2.45) is 0 Å². The van der Waals surface area contributed by atoms with Gasteiger partial charge >= 0.3 is 0 Å². The molecule has 0 aliphatic heterocycles. The number of anilines is 1. The van der Waals surface area contributed by atoms with Gasteiger partial charge in [0.05, 0.1) is 15.6 Å². The molecular formula is C13H19ClN2O2S. The molecule has 0 unspecified atom stereocenters. The molecule has 1 aliphatic carbocycles. The first-order chi connectivity index (χ1) is 8.99. The summed E-state index contributed by atoms with van der Waals surface area (Å²) in [5.41, 5.74) is 5.93. The van der Waals surface area contributed by atoms with E-state index < -0.39 is 10.0 Å². The number of sulfonamides is 1. The van der Waals surface area contributed by atoms with E-state index in [0.717, 1.165) is 25.7 Å². The fraction of sp³-hybridized carbons (Fsp3) is 0.538. The van der Waals surface area contributed by atoms with Gasteiger partial charge in [-0.25, -0.2) is 13.1 Å². The minimum absolute atomic E-state index is 0.0319. The van der Waals surface area contributed by atoms with Gasteiger partial charge in [-0.1, -0.05) is 37.3 Å². The number of rotatable bonds is 3. The number of hydrogen-bond acceptors (Lipinski definition) is 3. The van der Waals surface area contributed by atoms with Gasteiger partial charge in [0.2, 0.25) is 10.0 Å². The molecule has 0 spiro atoms. The fourth-order valence-electron chi connectivity index (χ4n) is 2.37. The molecule has 4 nitrogen and oxygen atoms in total. The van der Waals surface area contributed by atoms with Gasteiger partial charge in [0.25, 0.3) is 0 Å². The van der Waals surface area contributed by atoms with Gasteiger partial charge in [0.1, 0.15) is 0 Å². The molecule has 3 N–H and O–H groups in total. The summed E-state index contributed by atoms with van der Waals surface area (Å²) < 4.78 is 27.3. The highest BCUT2D eigenvalue weighted by atomic mass is 35.5. The summed E-state index contributed by atoms with van der Waals surface area (Å²) in [5, 5.41) is 0.369. The van der Waals surface area contributed by atoms with Crippen LogP contribution in [0, 0.1) is 0 Å². The first-order valence-electron chi connectivity index (χ1n) is 6.56. The van der Waals surface area contributed by atoms with Crippen LogP contribution in [0.5, 0.6) is 0 Å². The Labute approximate surface area is 119 Å². The molecule has 0 amide bonds. The van der Waals surface area contributed by atoms with Crippen molar-refractivity contribution < 1.29 is 8.42 Å². The maximum Gasteiger partial charge on any atom is 0.240 e. The van der Waals surface area contributed by atoms with Crippen molar-refractivity contribution >= 4 is 27.3 Å². The fourth-order valence-corrected chi connectivity index (χ4v) is 3.83. The normalized spacial score (nSPS) is 18.2. The molecule has 0 saturated heterocycles. The van der Waals surface area contributed by atoms with Crippen molar-refractivity contribution in [1.82, 2.24) is 4.72 Å². The van der Waals surface area contributed by atoms with Crippen molar-refractivity contribution in [2.45, 2.75) is 49.5 Å². The van der Waals surface area contributed by atoms with Crippen LogP contribution in [0.4, 0.5) is 5.69 Å². The van der Waals surface area contributed by atoms with E-state index in [4.69, 9.17) is 17.3 Å². The number of halogens is 1. The number of nitrogens with one attached hydrogen (secondary N) is 1. The van der Waals surface area contributed by atoms with E-state index in [-0.39, 0.29) is 16.6 Å². The maximum absolute atomic E-state index is 12.3. The van der Waals surface area contributed by atoms with E-state index in [0.29, 0.717) is 5.02 Å². The lowest BCUT2D eigenvalue weighted by molar-refractivity contribution is 0.510. The van der Waals surface area contributed by atoms with Crippen molar-refractivity contribution in [1.29, 1.82) is 0 Å². The molecule has 1 aliphatic rings. The number of nitrogens with two attached hydrogens (primary N) is 1. The van der Waals surface area contributed by atoms with Gasteiger partial charge in [-0.2, -0.15) is 0 Å². The van der Waals surface area contributed by atoms with E-state index >= 15 is 0 Å². The molecule has 2 rings (SSSR count). The highest BCUT2D eigenvalue weighted by Crippen LogP contribution is 2.24. The van der Waals surface area contributed by atoms with Gasteiger partial charge in [-0.05, 0) is 31.0 Å². The SMILES string of the molecule is Nc1cc(S(=O)(=O)NC2CCCCCC2)ccc1Cl. The van der Waals surface area contributed by atoms with E-state index in [2.05, 4.69) is 4.72 Å². The van der Waals surface area contributed by atoms with Crippen LogP contribution >= 0.6 is 11.6 Å². The molecule has 0 aromatic heterocycles. The zero-order valence-electron chi connectivity index (χ0n) is 10.7. The Hall–Kier alpha value is -0.780. The molecule has 1 saturated carbocycles. The molecule has 1 fully saturated rings. The lowest BCUT2D eigenvalue weighted by Gasteiger charge is -2.16. The second kappa shape index (κ2) is 6.11. The molecular weight excluding hydrogens is 284 g/mol. The molecule has 0 atom stereocenters. The summed E-state index contributed by atoms with van der Waals surface area (Å²) >= 11 is 5.80. The monoisotopic (exact) mass is 302 g/mol. The number of hydrogen-bond donors (Lipinski definition) is 2. The molecule has 1 aromatic rings. The van der Waals surface area contributed by atoms with Crippen molar-refractivity contribution in [3.8, 4) is 0 Å². The van der Waals surface area contributed by atoms with Crippen LogP contribution < -0.4 is 10.5 Å². The highest BCUT2D eigenvalue weighted by molar-refractivity contribution is 7.89. The van der Waals surface area contributed by atoms with Crippen molar-refractivity contribution in [3.63, 3.8) is 0 Å². The minimum atomic E-state index is -3.50. The Balaban J connectivity index is 2.14. The predicted molar refractivity (Wildman–Crippen MR) is 77.7 cm³/mol. The predicted octanol–water partition coefficient (Wildman–Crippen LogP) is 2.92. The van der Waals surface area contributed by atoms with E-state index in [9.17, 15) is 8.42 Å². The molecule has 19 heavy (non-hydrogen) atoms. The van der Waals surface area contributed by atoms with Crippen LogP contribution in [0.25, 0.3) is 0 Å². The Morgan fingerprint density at radius 1 is 1.16 bits per heavy atom. The summed E-state index contributed by atoms with van der Waals surface area (Å²) in [4.78, 5) is 0.179. The number of benzene rings is 1. The van der Waals surface area contributed by atoms with Gasteiger partial charge in [0, 0.05) is 6.04 Å². The van der Waals surface area contributed by atoms with Gasteiger partial charge < -0.3 is 5.73 Å². The van der Waals surface area contributed by atoms with Crippen LogP contribution in [0.2, 0.25) is 5.02 Å². The van der Waals surface area contributed by atoms with E-state index in [1.165, 1.54) is 31.0 Å². The quantitative estimate of drug-likeness (QED) is 0.666. The zero-order chi connectivity index (χ0) is 13.9. The Bertz CT molecular complexity index is 538. The van der Waals surface area contributed by atoms with E-state index in [1.54, 1.807) is 0 Å². The third-order valence-electron chi connectivity index (χ3n) is 3.45. The summed E-state index contributed by atoms with van der Waals surface area (Å²) in [6.07, 6.45) is 6.34. The summed E-state index contributed by atoms with van der Waals surface area (Å²) in [6, 6.07) is 4.43. The second-order valence-electron chi connectivity index (χ2n) is 4.99. The molecule has 106 valence electrons. The van der Waals surface area contributed by atoms with Crippen molar-refractivity contribution in [3.05, 3.63) is 23.2 Å². The van der Waals surface area contributed by atoms with Gasteiger partial charge in [-0.3, -0.25) is 0 Å². The Kier molecular flexibility index (Phi) is 4.71. The van der Waals surface area contributed by atoms with Gasteiger partial charge in [-0.15, -0.1) is 0 Å². The molecule has 0 bridgehead atoms. The zero-order valence-corrected chi connectivity index (χ0v) is 12.3. The molecule has 6 heteroatoms. The third kappa shape index (κ3) is 3.84. The largest absolute Gasteiger partial charge is 0.397 e. The standard InChI is InChI=1S/C13H19ClN2O2S/c14-12-8-7-11(9-13(12)15)19(17,18)16-10-5-3-1-2-4-6-10/h7-10,16H,1-6,15H2. The average molecular weight is 303 g/mol. The average Bonchev–Trinajstić information content (AvgIpc) is 2.60. The van der Waals surface area contributed by atoms with Crippen molar-refractivity contribution in [2.75, 3.05) is 5.73 Å². The summed E-state index contributed by atoms with van der Waals surface area (Å²) in [6.45, 7) is 0. The molecule has 1 aromatic carbocycles. The van der Waals surface area contributed by atoms with Gasteiger partial charge in [0.15, 0.2) is 0 Å². The van der Waals surface area contributed by atoms with E-state index in [1.807, 2.05) is 0 Å². The van der Waals surface area contributed by atoms with Crippen LogP contribution in [0.3, 0.4) is 0 Å². The Morgan fingerprint density at radius 3 is 2.37 bits per heavy atom. The first-order valence-corrected chi connectivity index (χ1v) is 8.42. The molecule has 0 heterocycles. The van der Waals surface area contributed by atoms with Crippen LogP contribution in [0.1, 0.15) is 38.5 Å². The smallest absolute Gasteiger partial charge is 0.240 e. The second-order valence-corrected chi connectivity index (χ2v) is 7.11.